The number of sulfonamides is 2. The zero-order chi connectivity index (χ0) is 81.2. The molecule has 4 saturated heterocycles. The van der Waals surface area contributed by atoms with Gasteiger partial charge in [-0.2, -0.15) is 8.61 Å². The van der Waals surface area contributed by atoms with Crippen molar-refractivity contribution in [3.63, 3.8) is 0 Å². The number of ketones is 2. The molecule has 0 unspecified atom stereocenters. The molecule has 15 rings (SSSR count). The van der Waals surface area contributed by atoms with E-state index in [-0.39, 0.29) is 67.3 Å². The average molecular weight is 1620 g/mol. The number of phenols is 1. The van der Waals surface area contributed by atoms with Gasteiger partial charge in [-0.25, -0.2) is 30.4 Å². The van der Waals surface area contributed by atoms with Gasteiger partial charge in [-0.15, -0.1) is 0 Å². The van der Waals surface area contributed by atoms with Crippen LogP contribution in [-0.4, -0.2) is 172 Å². The van der Waals surface area contributed by atoms with Crippen LogP contribution in [0.15, 0.2) is 121 Å². The number of allylic oxidation sites excluding steroid dienone is 2. The lowest BCUT2D eigenvalue weighted by atomic mass is 9.81. The number of methoxy groups -OCH3 is 2. The lowest BCUT2D eigenvalue weighted by Crippen LogP contribution is -2.48. The fourth-order valence-electron chi connectivity index (χ4n) is 17.7. The van der Waals surface area contributed by atoms with Gasteiger partial charge in [-0.3, -0.25) is 24.0 Å². The van der Waals surface area contributed by atoms with Crippen LogP contribution in [0.5, 0.6) is 11.5 Å². The Hall–Kier alpha value is -9.80. The lowest BCUT2D eigenvalue weighted by Gasteiger charge is -2.36. The number of aliphatic hydroxyl groups is 1. The number of carbonyl (C=O) groups is 6. The SMILES string of the molecule is COC(=O)Cn1c(-c2ccc(O)cc2F)c(C2CCCCC2)c2ccc(C(=O)OC)cc21.CS(=O)(=O)N1CCN(c2ccc(N3CCCC3=O)cc2CO)CC1.CS(=O)(=O)N1CCN(c2ccc(N3CCCC3=O)cc2COc2ccc(-c3c(C4CCCCC4)c4ccc5cc4n3CC(=O)CCC/C=C\CCCC5=O)c(F)c2)CC1. The molecule has 2 bridgehead atoms. The van der Waals surface area contributed by atoms with Crippen molar-refractivity contribution in [1.82, 2.24) is 17.7 Å². The van der Waals surface area contributed by atoms with Gasteiger partial charge >= 0.3 is 11.9 Å². The maximum absolute atomic E-state index is 16.9. The van der Waals surface area contributed by atoms with E-state index in [1.807, 2.05) is 65.2 Å². The number of phenolic OH excluding ortho intramolecular Hbond substituents is 1. The van der Waals surface area contributed by atoms with Crippen molar-refractivity contribution in [3.8, 4) is 34.0 Å². The predicted molar refractivity (Wildman–Crippen MR) is 441 cm³/mol. The second kappa shape index (κ2) is 37.0. The minimum atomic E-state index is -3.31. The first kappa shape index (κ1) is 83.2. The number of aromatic hydroxyl groups is 1. The molecule has 0 atom stereocenters. The Balaban J connectivity index is 0.000000171. The molecule has 27 heteroatoms. The fraction of sp³-hybridized carbons (Fsp3) is 0.455. The molecule has 0 radical (unpaired) electrons. The topological polar surface area (TPSA) is 268 Å². The second-order valence-corrected chi connectivity index (χ2v) is 35.1. The highest BCUT2D eigenvalue weighted by Crippen LogP contribution is 2.48. The summed E-state index contributed by atoms with van der Waals surface area (Å²) in [4.78, 5) is 84.0. The minimum Gasteiger partial charge on any atom is -0.508 e. The maximum Gasteiger partial charge on any atom is 0.337 e. The summed E-state index contributed by atoms with van der Waals surface area (Å²) in [5.74, 6) is -1.13. The molecule has 2 N–H and O–H groups in total. The molecule has 2 aliphatic carbocycles. The van der Waals surface area contributed by atoms with Gasteiger partial charge in [-0.1, -0.05) is 68.9 Å². The van der Waals surface area contributed by atoms with Crippen molar-refractivity contribution < 1.29 is 78.8 Å². The van der Waals surface area contributed by atoms with Crippen LogP contribution in [0.3, 0.4) is 0 Å². The number of benzene rings is 6. The fourth-order valence-corrected chi connectivity index (χ4v) is 19.3. The van der Waals surface area contributed by atoms with E-state index < -0.39 is 43.6 Å². The first-order valence-electron chi connectivity index (χ1n) is 40.4. The highest BCUT2D eigenvalue weighted by atomic mass is 32.2. The van der Waals surface area contributed by atoms with E-state index in [1.165, 1.54) is 53.5 Å². The van der Waals surface area contributed by atoms with Crippen molar-refractivity contribution >= 4 is 99.9 Å². The van der Waals surface area contributed by atoms with Crippen LogP contribution in [-0.2, 0) is 75.0 Å². The molecule has 8 aromatic rings. The summed E-state index contributed by atoms with van der Waals surface area (Å²) in [5, 5.41) is 21.3. The molecular weight excluding hydrogens is 1510 g/mol. The molecular formula is C88H104F2N8O15S2. The smallest absolute Gasteiger partial charge is 0.337 e. The minimum absolute atomic E-state index is 0.0691. The molecule has 2 aromatic heterocycles. The summed E-state index contributed by atoms with van der Waals surface area (Å²) >= 11 is 0. The second-order valence-electron chi connectivity index (χ2n) is 31.1. The number of anilines is 4. The van der Waals surface area contributed by atoms with E-state index >= 15 is 8.78 Å². The third-order valence-electron chi connectivity index (χ3n) is 23.6. The van der Waals surface area contributed by atoms with E-state index in [4.69, 9.17) is 14.2 Å². The highest BCUT2D eigenvalue weighted by Gasteiger charge is 2.35. The van der Waals surface area contributed by atoms with E-state index in [0.29, 0.717) is 129 Å². The number of hydrogen-bond donors (Lipinski definition) is 2. The molecule has 6 aromatic carbocycles. The van der Waals surface area contributed by atoms with Gasteiger partial charge < -0.3 is 53.2 Å². The normalized spacial score (nSPS) is 18.5. The first-order chi connectivity index (χ1) is 55.4. The van der Waals surface area contributed by atoms with E-state index in [9.17, 15) is 55.8 Å². The number of rotatable bonds is 17. The number of amides is 2. The van der Waals surface area contributed by atoms with Crippen LogP contribution in [0.1, 0.15) is 183 Å². The number of hydrogen-bond acceptors (Lipinski definition) is 17. The van der Waals surface area contributed by atoms with E-state index in [0.717, 1.165) is 177 Å². The number of piperazine rings is 2. The van der Waals surface area contributed by atoms with Gasteiger partial charge in [0, 0.05) is 170 Å². The number of aliphatic hydroxyl groups excluding tert-OH is 1. The van der Waals surface area contributed by atoms with E-state index in [1.54, 1.807) is 38.6 Å². The standard InChI is InChI=1S/C47H55FN4O6S.C25H26FNO5.C16H23N3O4S/c1-59(56,57)50-26-24-49(25-27-50)42-22-18-36(51-23-11-16-45(51)55)28-35(42)32-58-38-19-21-39(41(48)30-38)47-46(33-12-7-6-8-13-33)40-20-17-34-29-43(40)52(47)31-37(53)14-9-4-2-3-5-10-15-44(34)54;1-31-22(29)14-27-21-12-16(25(30)32-2)8-10-19(21)23(15-6-4-3-5-7-15)24(27)18-11-9-17(28)13-20(18)26;1-24(22,23)18-9-7-17(8-10-18)15-5-4-14(11-13(15)12-20)19-6-2-3-16(19)21/h2-3,17-22,28-30,33H,4-16,23-27,31-32H2,1H3;8-13,15,28H,3-7,14H2,1-2H3;4-5,11,20H,2-3,6-10,12H2,1H3/b3-2-;;. The van der Waals surface area contributed by atoms with Crippen molar-refractivity contribution in [3.05, 3.63) is 166 Å². The number of carbonyl (C=O) groups excluding carboxylic acids is 6. The Labute approximate surface area is 671 Å². The molecule has 7 heterocycles. The molecule has 0 spiro atoms. The molecule has 5 aliphatic heterocycles. The zero-order valence-corrected chi connectivity index (χ0v) is 67.7. The number of nitrogens with zero attached hydrogens (tertiary/aromatic N) is 8. The quantitative estimate of drug-likeness (QED) is 0.0633. The Bertz CT molecular complexity index is 5230. The Morgan fingerprint density at radius 3 is 1.59 bits per heavy atom. The molecule has 2 saturated carbocycles. The number of aromatic nitrogens is 2. The third kappa shape index (κ3) is 19.2. The number of esters is 2. The Kier molecular flexibility index (Phi) is 26.8. The summed E-state index contributed by atoms with van der Waals surface area (Å²) in [5.41, 5.74) is 11.4. The summed E-state index contributed by atoms with van der Waals surface area (Å²) < 4.78 is 102. The summed E-state index contributed by atoms with van der Waals surface area (Å²) in [7, 11) is -3.85. The molecule has 612 valence electrons. The molecule has 2 amide bonds. The summed E-state index contributed by atoms with van der Waals surface area (Å²) in [6.45, 7) is 5.06. The Morgan fingerprint density at radius 1 is 0.522 bits per heavy atom. The lowest BCUT2D eigenvalue weighted by molar-refractivity contribution is -0.141. The monoisotopic (exact) mass is 1610 g/mol. The largest absolute Gasteiger partial charge is 0.508 e. The van der Waals surface area contributed by atoms with Crippen molar-refractivity contribution in [2.75, 3.05) is 112 Å². The van der Waals surface area contributed by atoms with Gasteiger partial charge in [0.2, 0.25) is 31.9 Å². The highest BCUT2D eigenvalue weighted by molar-refractivity contribution is 7.88. The van der Waals surface area contributed by atoms with Crippen LogP contribution in [0.2, 0.25) is 0 Å². The summed E-state index contributed by atoms with van der Waals surface area (Å²) in [6.07, 6.45) is 23.9. The van der Waals surface area contributed by atoms with Crippen molar-refractivity contribution in [1.29, 1.82) is 0 Å². The van der Waals surface area contributed by atoms with Gasteiger partial charge in [0.05, 0.1) is 62.4 Å². The molecule has 7 aliphatic rings. The molecule has 115 heavy (non-hydrogen) atoms. The first-order valence-corrected chi connectivity index (χ1v) is 44.1. The number of ether oxygens (including phenoxy) is 3. The van der Waals surface area contributed by atoms with Gasteiger partial charge in [0.15, 0.2) is 11.6 Å². The van der Waals surface area contributed by atoms with Crippen LogP contribution in [0.25, 0.3) is 44.3 Å². The van der Waals surface area contributed by atoms with Crippen LogP contribution in [0, 0.1) is 11.6 Å². The van der Waals surface area contributed by atoms with Crippen molar-refractivity contribution in [2.45, 2.75) is 167 Å². The van der Waals surface area contributed by atoms with Crippen LogP contribution < -0.4 is 24.3 Å². The third-order valence-corrected chi connectivity index (χ3v) is 26.2. The summed E-state index contributed by atoms with van der Waals surface area (Å²) in [6, 6.07) is 31.6. The van der Waals surface area contributed by atoms with Crippen LogP contribution in [0.4, 0.5) is 31.5 Å². The average Bonchev–Trinajstić information content (AvgIpc) is 1.59. The number of fused-ring (bicyclic) bond motifs is 2. The van der Waals surface area contributed by atoms with Gasteiger partial charge in [0.25, 0.3) is 0 Å². The maximum atomic E-state index is 16.9. The van der Waals surface area contributed by atoms with E-state index in [2.05, 4.69) is 22.0 Å². The van der Waals surface area contributed by atoms with Gasteiger partial charge in [0.1, 0.15) is 36.3 Å². The predicted octanol–water partition coefficient (Wildman–Crippen LogP) is 14.5. The Morgan fingerprint density at radius 2 is 1.05 bits per heavy atom. The van der Waals surface area contributed by atoms with Crippen molar-refractivity contribution in [2.24, 2.45) is 0 Å². The van der Waals surface area contributed by atoms with Crippen LogP contribution >= 0.6 is 0 Å². The molecule has 6 fully saturated rings. The number of halogens is 2. The number of Topliss-reactive ketones (excluding diaryl/α,β-unsaturated/α-hetero) is 2. The molecule has 23 nitrogen and oxygen atoms in total. The van der Waals surface area contributed by atoms with Gasteiger partial charge in [-0.05, 0) is 166 Å². The zero-order valence-electron chi connectivity index (χ0n) is 66.1.